The Morgan fingerprint density at radius 2 is 1.45 bits per heavy atom. The summed E-state index contributed by atoms with van der Waals surface area (Å²) in [4.78, 5) is 8.30. The van der Waals surface area contributed by atoms with E-state index in [0.29, 0.717) is 5.82 Å². The van der Waals surface area contributed by atoms with Crippen molar-refractivity contribution in [2.24, 2.45) is 0 Å². The molecule has 0 saturated heterocycles. The van der Waals surface area contributed by atoms with Crippen molar-refractivity contribution in [3.05, 3.63) is 73.6 Å². The van der Waals surface area contributed by atoms with Crippen LogP contribution < -0.4 is 0 Å². The molecule has 2 aromatic heterocycles. The Kier molecular flexibility index (Phi) is 2.97. The maximum atomic E-state index is 4.51. The molecule has 0 spiro atoms. The summed E-state index contributed by atoms with van der Waals surface area (Å²) in [7, 11) is 0. The third-order valence-electron chi connectivity index (χ3n) is 3.32. The predicted octanol–water partition coefficient (Wildman–Crippen LogP) is 2.51. The van der Waals surface area contributed by atoms with Crippen LogP contribution in [0.15, 0.2) is 73.6 Å². The van der Waals surface area contributed by atoms with E-state index in [-0.39, 0.29) is 0 Å². The van der Waals surface area contributed by atoms with Gasteiger partial charge in [-0.05, 0) is 24.3 Å². The minimum absolute atomic E-state index is 0.709. The molecule has 0 N–H and O–H groups in total. The van der Waals surface area contributed by atoms with Gasteiger partial charge in [0, 0.05) is 5.56 Å². The van der Waals surface area contributed by atoms with E-state index in [1.54, 1.807) is 22.0 Å². The molecule has 0 aliphatic heterocycles. The van der Waals surface area contributed by atoms with Crippen LogP contribution in [0.2, 0.25) is 0 Å². The van der Waals surface area contributed by atoms with Gasteiger partial charge in [0.2, 0.25) is 0 Å². The summed E-state index contributed by atoms with van der Waals surface area (Å²) in [5, 5.41) is 8.62. The van der Waals surface area contributed by atoms with Crippen molar-refractivity contribution in [2.45, 2.75) is 0 Å². The lowest BCUT2D eigenvalue weighted by atomic mass is 10.2. The second-order valence-corrected chi connectivity index (χ2v) is 4.74. The third-order valence-corrected chi connectivity index (χ3v) is 3.32. The van der Waals surface area contributed by atoms with E-state index in [4.69, 9.17) is 0 Å². The second kappa shape index (κ2) is 5.25. The van der Waals surface area contributed by atoms with Gasteiger partial charge in [0.25, 0.3) is 0 Å². The molecule has 0 aliphatic rings. The fraction of sp³-hybridized carbons (Fsp3) is 0. The van der Waals surface area contributed by atoms with Crippen molar-refractivity contribution >= 4 is 0 Å². The molecule has 0 aliphatic carbocycles. The monoisotopic (exact) mass is 288 g/mol. The molecule has 2 aromatic carbocycles. The number of aromatic nitrogens is 6. The van der Waals surface area contributed by atoms with E-state index in [9.17, 15) is 0 Å². The van der Waals surface area contributed by atoms with Crippen LogP contribution in [-0.4, -0.2) is 29.5 Å². The van der Waals surface area contributed by atoms with Crippen molar-refractivity contribution in [1.29, 1.82) is 0 Å². The van der Waals surface area contributed by atoms with E-state index in [2.05, 4.69) is 20.2 Å². The highest BCUT2D eigenvalue weighted by Crippen LogP contribution is 2.16. The molecule has 4 aromatic rings. The van der Waals surface area contributed by atoms with E-state index in [1.165, 1.54) is 6.33 Å². The van der Waals surface area contributed by atoms with Gasteiger partial charge < -0.3 is 0 Å². The van der Waals surface area contributed by atoms with Crippen LogP contribution in [0, 0.1) is 0 Å². The molecule has 6 nitrogen and oxygen atoms in total. The maximum absolute atomic E-state index is 4.51. The summed E-state index contributed by atoms with van der Waals surface area (Å²) < 4.78 is 3.47. The highest BCUT2D eigenvalue weighted by Gasteiger charge is 2.05. The predicted molar refractivity (Wildman–Crippen MR) is 81.7 cm³/mol. The molecular formula is C16H12N6. The van der Waals surface area contributed by atoms with Crippen LogP contribution in [0.25, 0.3) is 22.8 Å². The van der Waals surface area contributed by atoms with Crippen molar-refractivity contribution in [2.75, 3.05) is 0 Å². The first-order valence-electron chi connectivity index (χ1n) is 6.83. The summed E-state index contributed by atoms with van der Waals surface area (Å²) in [6, 6.07) is 17.8. The number of nitrogens with zero attached hydrogens (tertiary/aromatic N) is 6. The molecule has 22 heavy (non-hydrogen) atoms. The topological polar surface area (TPSA) is 61.4 Å². The highest BCUT2D eigenvalue weighted by molar-refractivity contribution is 5.54. The van der Waals surface area contributed by atoms with Gasteiger partial charge >= 0.3 is 0 Å². The number of hydrogen-bond donors (Lipinski definition) is 0. The van der Waals surface area contributed by atoms with Crippen molar-refractivity contribution in [3.63, 3.8) is 0 Å². The van der Waals surface area contributed by atoms with Crippen LogP contribution in [0.3, 0.4) is 0 Å². The Labute approximate surface area is 126 Å². The van der Waals surface area contributed by atoms with Gasteiger partial charge in [0.1, 0.15) is 19.0 Å². The average molecular weight is 288 g/mol. The highest BCUT2D eigenvalue weighted by atomic mass is 15.3. The fourth-order valence-electron chi connectivity index (χ4n) is 2.21. The SMILES string of the molecule is c1ccc(-c2ncn(-c3ccc(-n4cncn4)cc3)n2)cc1. The van der Waals surface area contributed by atoms with Crippen LogP contribution in [-0.2, 0) is 0 Å². The van der Waals surface area contributed by atoms with Crippen LogP contribution >= 0.6 is 0 Å². The van der Waals surface area contributed by atoms with Gasteiger partial charge in [0.15, 0.2) is 5.82 Å². The largest absolute Gasteiger partial charge is 0.223 e. The van der Waals surface area contributed by atoms with E-state index < -0.39 is 0 Å². The standard InChI is InChI=1S/C16H12N6/c1-2-4-13(5-3-1)16-18-12-22(20-16)15-8-6-14(7-9-15)21-11-17-10-19-21/h1-12H. The quantitative estimate of drug-likeness (QED) is 0.581. The van der Waals surface area contributed by atoms with E-state index in [0.717, 1.165) is 16.9 Å². The van der Waals surface area contributed by atoms with Gasteiger partial charge in [-0.25, -0.2) is 19.3 Å². The molecule has 6 heteroatoms. The fourth-order valence-corrected chi connectivity index (χ4v) is 2.21. The van der Waals surface area contributed by atoms with Gasteiger partial charge in [-0.2, -0.15) is 5.10 Å². The van der Waals surface area contributed by atoms with Crippen LogP contribution in [0.4, 0.5) is 0 Å². The van der Waals surface area contributed by atoms with Crippen molar-refractivity contribution in [3.8, 4) is 22.8 Å². The molecule has 0 atom stereocenters. The summed E-state index contributed by atoms with van der Waals surface area (Å²) in [5.74, 6) is 0.709. The maximum Gasteiger partial charge on any atom is 0.181 e. The molecule has 0 amide bonds. The summed E-state index contributed by atoms with van der Waals surface area (Å²) in [6.45, 7) is 0. The van der Waals surface area contributed by atoms with Gasteiger partial charge in [-0.3, -0.25) is 0 Å². The Bertz CT molecular complexity index is 863. The first-order valence-corrected chi connectivity index (χ1v) is 6.83. The molecule has 4 rings (SSSR count). The number of rotatable bonds is 3. The normalized spacial score (nSPS) is 10.7. The molecule has 0 radical (unpaired) electrons. The molecule has 0 unspecified atom stereocenters. The molecular weight excluding hydrogens is 276 g/mol. The Morgan fingerprint density at radius 1 is 0.727 bits per heavy atom. The van der Waals surface area contributed by atoms with E-state index >= 15 is 0 Å². The molecule has 0 saturated carbocycles. The van der Waals surface area contributed by atoms with Gasteiger partial charge in [-0.15, -0.1) is 5.10 Å². The smallest absolute Gasteiger partial charge is 0.181 e. The summed E-state index contributed by atoms with van der Waals surface area (Å²) in [5.41, 5.74) is 2.89. The van der Waals surface area contributed by atoms with Crippen LogP contribution in [0.5, 0.6) is 0 Å². The first kappa shape index (κ1) is 12.5. The van der Waals surface area contributed by atoms with Gasteiger partial charge in [-0.1, -0.05) is 30.3 Å². The lowest BCUT2D eigenvalue weighted by molar-refractivity contribution is 0.864. The minimum atomic E-state index is 0.709. The molecule has 0 fully saturated rings. The Balaban J connectivity index is 1.64. The second-order valence-electron chi connectivity index (χ2n) is 4.74. The zero-order valence-electron chi connectivity index (χ0n) is 11.6. The average Bonchev–Trinajstić information content (AvgIpc) is 3.28. The Morgan fingerprint density at radius 3 is 2.14 bits per heavy atom. The molecule has 2 heterocycles. The summed E-state index contributed by atoms with van der Waals surface area (Å²) in [6.07, 6.45) is 4.89. The zero-order valence-corrected chi connectivity index (χ0v) is 11.6. The van der Waals surface area contributed by atoms with Crippen molar-refractivity contribution in [1.82, 2.24) is 29.5 Å². The molecule has 106 valence electrons. The lowest BCUT2D eigenvalue weighted by Crippen LogP contribution is -1.97. The number of benzene rings is 2. The van der Waals surface area contributed by atoms with Crippen LogP contribution in [0.1, 0.15) is 0 Å². The zero-order chi connectivity index (χ0) is 14.8. The minimum Gasteiger partial charge on any atom is -0.223 e. The molecule has 0 bridgehead atoms. The number of hydrogen-bond acceptors (Lipinski definition) is 4. The Hall–Kier alpha value is -3.28. The van der Waals surface area contributed by atoms with Crippen molar-refractivity contribution < 1.29 is 0 Å². The first-order chi connectivity index (χ1) is 10.9. The summed E-state index contributed by atoms with van der Waals surface area (Å²) >= 11 is 0. The van der Waals surface area contributed by atoms with E-state index in [1.807, 2.05) is 54.6 Å². The third kappa shape index (κ3) is 2.26. The van der Waals surface area contributed by atoms with Gasteiger partial charge in [0.05, 0.1) is 11.4 Å². The lowest BCUT2D eigenvalue weighted by Gasteiger charge is -2.03.